The lowest BCUT2D eigenvalue weighted by atomic mass is 9.92. The van der Waals surface area contributed by atoms with Gasteiger partial charge in [-0.2, -0.15) is 0 Å². The fourth-order valence-corrected chi connectivity index (χ4v) is 2.68. The molecule has 1 heterocycles. The molecule has 5 nitrogen and oxygen atoms in total. The van der Waals surface area contributed by atoms with Crippen LogP contribution in [-0.2, 0) is 10.3 Å². The van der Waals surface area contributed by atoms with Gasteiger partial charge in [-0.3, -0.25) is 9.69 Å². The molecule has 0 bridgehead atoms. The Morgan fingerprint density at radius 1 is 1.12 bits per heavy atom. The molecule has 0 spiro atoms. The van der Waals surface area contributed by atoms with Gasteiger partial charge < -0.3 is 10.1 Å². The summed E-state index contributed by atoms with van der Waals surface area (Å²) in [4.78, 5) is 25.9. The number of carbonyl (C=O) groups is 2. The van der Waals surface area contributed by atoms with Gasteiger partial charge in [0.25, 0.3) is 5.91 Å². The molecule has 2 aromatic carbocycles. The lowest BCUT2D eigenvalue weighted by molar-refractivity contribution is -0.131. The first-order chi connectivity index (χ1) is 11.5. The third-order valence-electron chi connectivity index (χ3n) is 4.01. The van der Waals surface area contributed by atoms with E-state index in [9.17, 15) is 14.0 Å². The number of carbonyl (C=O) groups excluding carboxylic acids is 2. The minimum Gasteiger partial charge on any atom is -0.492 e. The molecular weight excluding hydrogens is 311 g/mol. The average molecular weight is 328 g/mol. The molecule has 2 aromatic rings. The maximum absolute atomic E-state index is 13.1. The van der Waals surface area contributed by atoms with Crippen LogP contribution >= 0.6 is 0 Å². The molecule has 3 rings (SSSR count). The number of halogens is 1. The highest BCUT2D eigenvalue weighted by Gasteiger charge is 2.48. The van der Waals surface area contributed by atoms with Gasteiger partial charge in [0, 0.05) is 6.07 Å². The second-order valence-electron chi connectivity index (χ2n) is 5.68. The van der Waals surface area contributed by atoms with Gasteiger partial charge in [-0.05, 0) is 24.6 Å². The van der Waals surface area contributed by atoms with Gasteiger partial charge in [0.15, 0.2) is 0 Å². The van der Waals surface area contributed by atoms with E-state index in [1.807, 2.05) is 18.2 Å². The first-order valence-electron chi connectivity index (χ1n) is 7.59. The van der Waals surface area contributed by atoms with Crippen molar-refractivity contribution in [2.75, 3.05) is 13.2 Å². The number of nitrogens with one attached hydrogen (secondary N) is 1. The van der Waals surface area contributed by atoms with E-state index in [2.05, 4.69) is 5.32 Å². The molecule has 124 valence electrons. The normalized spacial score (nSPS) is 20.2. The lowest BCUT2D eigenvalue weighted by Crippen LogP contribution is -2.41. The fraction of sp³-hybridized carbons (Fsp3) is 0.222. The molecule has 1 fully saturated rings. The maximum Gasteiger partial charge on any atom is 0.325 e. The molecule has 1 aliphatic heterocycles. The Balaban J connectivity index is 1.67. The number of imide groups is 1. The van der Waals surface area contributed by atoms with E-state index in [1.165, 1.54) is 18.2 Å². The SMILES string of the molecule is C[C@]1(c2ccccc2)NC(=O)N(CCOc2cccc(F)c2)C1=O. The third-order valence-corrected chi connectivity index (χ3v) is 4.01. The number of amides is 3. The summed E-state index contributed by atoms with van der Waals surface area (Å²) in [5.74, 6) is -0.381. The molecule has 0 saturated carbocycles. The zero-order valence-corrected chi connectivity index (χ0v) is 13.2. The summed E-state index contributed by atoms with van der Waals surface area (Å²) in [5.41, 5.74) is -0.367. The molecule has 0 aromatic heterocycles. The third kappa shape index (κ3) is 2.95. The van der Waals surface area contributed by atoms with Crippen LogP contribution in [0.4, 0.5) is 9.18 Å². The van der Waals surface area contributed by atoms with E-state index in [0.29, 0.717) is 5.75 Å². The van der Waals surface area contributed by atoms with Crippen LogP contribution < -0.4 is 10.1 Å². The Hall–Kier alpha value is -2.89. The van der Waals surface area contributed by atoms with E-state index in [1.54, 1.807) is 25.1 Å². The van der Waals surface area contributed by atoms with Crippen LogP contribution in [0, 0.1) is 5.82 Å². The van der Waals surface area contributed by atoms with E-state index in [4.69, 9.17) is 4.74 Å². The number of rotatable bonds is 5. The first-order valence-corrected chi connectivity index (χ1v) is 7.59. The van der Waals surface area contributed by atoms with Gasteiger partial charge in [-0.25, -0.2) is 9.18 Å². The van der Waals surface area contributed by atoms with Crippen molar-refractivity contribution < 1.29 is 18.7 Å². The van der Waals surface area contributed by atoms with Crippen LogP contribution in [0.15, 0.2) is 54.6 Å². The van der Waals surface area contributed by atoms with Gasteiger partial charge in [0.05, 0.1) is 6.54 Å². The van der Waals surface area contributed by atoms with Gasteiger partial charge in [0.2, 0.25) is 0 Å². The van der Waals surface area contributed by atoms with Crippen LogP contribution in [0.25, 0.3) is 0 Å². The molecular formula is C18H17FN2O3. The lowest BCUT2D eigenvalue weighted by Gasteiger charge is -2.22. The van der Waals surface area contributed by atoms with Crippen molar-refractivity contribution in [1.82, 2.24) is 10.2 Å². The molecule has 1 saturated heterocycles. The van der Waals surface area contributed by atoms with Crippen LogP contribution in [0.2, 0.25) is 0 Å². The molecule has 24 heavy (non-hydrogen) atoms. The van der Waals surface area contributed by atoms with Crippen LogP contribution in [0.3, 0.4) is 0 Å². The zero-order valence-electron chi connectivity index (χ0n) is 13.2. The number of hydrogen-bond donors (Lipinski definition) is 1. The van der Waals surface area contributed by atoms with Crippen molar-refractivity contribution >= 4 is 11.9 Å². The largest absolute Gasteiger partial charge is 0.492 e. The second-order valence-corrected chi connectivity index (χ2v) is 5.68. The molecule has 0 aliphatic carbocycles. The van der Waals surface area contributed by atoms with Crippen molar-refractivity contribution in [3.8, 4) is 5.75 Å². The predicted molar refractivity (Wildman–Crippen MR) is 85.9 cm³/mol. The van der Waals surface area contributed by atoms with E-state index >= 15 is 0 Å². The molecule has 0 unspecified atom stereocenters. The Morgan fingerprint density at radius 3 is 2.58 bits per heavy atom. The molecule has 1 N–H and O–H groups in total. The van der Waals surface area contributed by atoms with Crippen LogP contribution in [0.5, 0.6) is 5.75 Å². The minimum atomic E-state index is -1.09. The average Bonchev–Trinajstić information content (AvgIpc) is 2.80. The predicted octanol–water partition coefficient (Wildman–Crippen LogP) is 2.67. The molecule has 1 atom stereocenters. The van der Waals surface area contributed by atoms with Gasteiger partial charge >= 0.3 is 6.03 Å². The summed E-state index contributed by atoms with van der Waals surface area (Å²) >= 11 is 0. The number of benzene rings is 2. The van der Waals surface area contributed by atoms with Crippen molar-refractivity contribution in [3.05, 3.63) is 66.0 Å². The van der Waals surface area contributed by atoms with Crippen LogP contribution in [0.1, 0.15) is 12.5 Å². The maximum atomic E-state index is 13.1. The van der Waals surface area contributed by atoms with E-state index < -0.39 is 17.4 Å². The number of ether oxygens (including phenoxy) is 1. The zero-order chi connectivity index (χ0) is 17.2. The monoisotopic (exact) mass is 328 g/mol. The minimum absolute atomic E-state index is 0.0869. The van der Waals surface area contributed by atoms with Gasteiger partial charge in [0.1, 0.15) is 23.7 Å². The van der Waals surface area contributed by atoms with Crippen molar-refractivity contribution in [2.45, 2.75) is 12.5 Å². The summed E-state index contributed by atoms with van der Waals surface area (Å²) in [5, 5.41) is 2.73. The standard InChI is InChI=1S/C18H17FN2O3/c1-18(13-6-3-2-4-7-13)16(22)21(17(23)20-18)10-11-24-15-9-5-8-14(19)12-15/h2-9,12H,10-11H2,1H3,(H,20,23)/t18-/m1/s1. The number of urea groups is 1. The van der Waals surface area contributed by atoms with Crippen LogP contribution in [-0.4, -0.2) is 30.0 Å². The summed E-state index contributed by atoms with van der Waals surface area (Å²) in [7, 11) is 0. The molecule has 6 heteroatoms. The Morgan fingerprint density at radius 2 is 1.88 bits per heavy atom. The first kappa shape index (κ1) is 16.0. The highest BCUT2D eigenvalue weighted by atomic mass is 19.1. The summed E-state index contributed by atoms with van der Waals surface area (Å²) in [6.45, 7) is 1.85. The summed E-state index contributed by atoms with van der Waals surface area (Å²) in [6, 6.07) is 14.3. The number of hydrogen-bond acceptors (Lipinski definition) is 3. The second kappa shape index (κ2) is 6.31. The Kier molecular flexibility index (Phi) is 4.20. The highest BCUT2D eigenvalue weighted by Crippen LogP contribution is 2.28. The molecule has 1 aliphatic rings. The van der Waals surface area contributed by atoms with E-state index in [-0.39, 0.29) is 19.1 Å². The Bertz CT molecular complexity index is 766. The van der Waals surface area contributed by atoms with Gasteiger partial charge in [-0.15, -0.1) is 0 Å². The highest BCUT2D eigenvalue weighted by molar-refractivity contribution is 6.07. The summed E-state index contributed by atoms with van der Waals surface area (Å²) < 4.78 is 18.5. The quantitative estimate of drug-likeness (QED) is 0.859. The summed E-state index contributed by atoms with van der Waals surface area (Å²) in [6.07, 6.45) is 0. The topological polar surface area (TPSA) is 58.6 Å². The smallest absolute Gasteiger partial charge is 0.325 e. The van der Waals surface area contributed by atoms with Gasteiger partial charge in [-0.1, -0.05) is 36.4 Å². The van der Waals surface area contributed by atoms with Crippen molar-refractivity contribution in [3.63, 3.8) is 0 Å². The molecule has 3 amide bonds. The van der Waals surface area contributed by atoms with Crippen molar-refractivity contribution in [2.24, 2.45) is 0 Å². The Labute approximate surface area is 139 Å². The van der Waals surface area contributed by atoms with E-state index in [0.717, 1.165) is 10.5 Å². The molecule has 0 radical (unpaired) electrons. The fourth-order valence-electron chi connectivity index (χ4n) is 2.68. The van der Waals surface area contributed by atoms with Crippen molar-refractivity contribution in [1.29, 1.82) is 0 Å². The number of nitrogens with zero attached hydrogens (tertiary/aromatic N) is 1.